The molecule has 0 aliphatic rings. The Balaban J connectivity index is 2.22. The summed E-state index contributed by atoms with van der Waals surface area (Å²) >= 11 is 0. The molecule has 0 fully saturated rings. The molecule has 2 aromatic heterocycles. The molecule has 0 aliphatic carbocycles. The molecule has 3 N–H and O–H groups in total. The zero-order valence-corrected chi connectivity index (χ0v) is 10.9. The van der Waals surface area contributed by atoms with E-state index in [4.69, 9.17) is 10.2 Å². The van der Waals surface area contributed by atoms with Gasteiger partial charge >= 0.3 is 5.97 Å². The second-order valence-corrected chi connectivity index (χ2v) is 4.40. The van der Waals surface area contributed by atoms with Gasteiger partial charge in [-0.1, -0.05) is 6.07 Å². The highest BCUT2D eigenvalue weighted by atomic mass is 16.4. The SMILES string of the molecule is Cc1cccc2nc(C(=O)N[C@@H](CCO)C(=O)O)cn12. The third kappa shape index (κ3) is 2.77. The predicted molar refractivity (Wildman–Crippen MR) is 70.5 cm³/mol. The Morgan fingerprint density at radius 3 is 2.80 bits per heavy atom. The number of aliphatic carboxylic acids is 1. The van der Waals surface area contributed by atoms with Crippen LogP contribution in [0.1, 0.15) is 22.6 Å². The van der Waals surface area contributed by atoms with Crippen LogP contribution in [-0.2, 0) is 4.79 Å². The van der Waals surface area contributed by atoms with E-state index in [1.165, 1.54) is 0 Å². The molecule has 0 spiro atoms. The van der Waals surface area contributed by atoms with Gasteiger partial charge in [0.1, 0.15) is 17.4 Å². The van der Waals surface area contributed by atoms with Gasteiger partial charge in [0.2, 0.25) is 0 Å². The zero-order chi connectivity index (χ0) is 14.7. The van der Waals surface area contributed by atoms with Crippen molar-refractivity contribution in [3.05, 3.63) is 35.8 Å². The van der Waals surface area contributed by atoms with Gasteiger partial charge in [-0.3, -0.25) is 4.79 Å². The Morgan fingerprint density at radius 2 is 2.20 bits per heavy atom. The highest BCUT2D eigenvalue weighted by Gasteiger charge is 2.21. The number of aryl methyl sites for hydroxylation is 1. The first-order chi connectivity index (χ1) is 9.52. The average molecular weight is 277 g/mol. The Kier molecular flexibility index (Phi) is 3.99. The molecule has 0 unspecified atom stereocenters. The van der Waals surface area contributed by atoms with Crippen molar-refractivity contribution in [1.82, 2.24) is 14.7 Å². The quantitative estimate of drug-likeness (QED) is 0.724. The average Bonchev–Trinajstić information content (AvgIpc) is 2.83. The van der Waals surface area contributed by atoms with Gasteiger partial charge in [0.15, 0.2) is 0 Å². The lowest BCUT2D eigenvalue weighted by atomic mass is 10.2. The minimum atomic E-state index is -1.19. The summed E-state index contributed by atoms with van der Waals surface area (Å²) < 4.78 is 1.75. The largest absolute Gasteiger partial charge is 0.480 e. The van der Waals surface area contributed by atoms with E-state index < -0.39 is 17.9 Å². The fraction of sp³-hybridized carbons (Fsp3) is 0.308. The number of fused-ring (bicyclic) bond motifs is 1. The zero-order valence-electron chi connectivity index (χ0n) is 10.9. The van der Waals surface area contributed by atoms with E-state index in [0.717, 1.165) is 5.69 Å². The van der Waals surface area contributed by atoms with Gasteiger partial charge in [-0.15, -0.1) is 0 Å². The van der Waals surface area contributed by atoms with Crippen LogP contribution in [0.15, 0.2) is 24.4 Å². The molecule has 7 heteroatoms. The summed E-state index contributed by atoms with van der Waals surface area (Å²) in [5.74, 6) is -1.76. The standard InChI is InChI=1S/C13H15N3O4/c1-8-3-2-4-11-14-10(7-16(8)11)12(18)15-9(5-6-17)13(19)20/h2-4,7,9,17H,5-6H2,1H3,(H,15,18)(H,19,20)/t9-/m0/s1. The summed E-state index contributed by atoms with van der Waals surface area (Å²) in [5.41, 5.74) is 1.67. The molecule has 2 aromatic rings. The van der Waals surface area contributed by atoms with Gasteiger partial charge in [0.05, 0.1) is 0 Å². The van der Waals surface area contributed by atoms with Gasteiger partial charge in [-0.2, -0.15) is 0 Å². The van der Waals surface area contributed by atoms with Crippen molar-refractivity contribution in [1.29, 1.82) is 0 Å². The first kappa shape index (κ1) is 14.0. The number of hydrogen-bond donors (Lipinski definition) is 3. The summed E-state index contributed by atoms with van der Waals surface area (Å²) in [7, 11) is 0. The number of carbonyl (C=O) groups is 2. The second-order valence-electron chi connectivity index (χ2n) is 4.40. The smallest absolute Gasteiger partial charge is 0.326 e. The summed E-state index contributed by atoms with van der Waals surface area (Å²) in [6, 6.07) is 4.33. The van der Waals surface area contributed by atoms with Crippen LogP contribution >= 0.6 is 0 Å². The van der Waals surface area contributed by atoms with Crippen molar-refractivity contribution in [3.8, 4) is 0 Å². The molecule has 106 valence electrons. The third-order valence-electron chi connectivity index (χ3n) is 2.95. The minimum Gasteiger partial charge on any atom is -0.480 e. The van der Waals surface area contributed by atoms with Gasteiger partial charge < -0.3 is 19.9 Å². The molecule has 1 atom stereocenters. The van der Waals surface area contributed by atoms with Crippen LogP contribution in [0.2, 0.25) is 0 Å². The molecule has 20 heavy (non-hydrogen) atoms. The van der Waals surface area contributed by atoms with Crippen molar-refractivity contribution in [2.75, 3.05) is 6.61 Å². The van der Waals surface area contributed by atoms with Crippen LogP contribution in [0.3, 0.4) is 0 Å². The molecule has 0 aromatic carbocycles. The van der Waals surface area contributed by atoms with Crippen molar-refractivity contribution < 1.29 is 19.8 Å². The van der Waals surface area contributed by atoms with Crippen LogP contribution < -0.4 is 5.32 Å². The second kappa shape index (κ2) is 5.70. The van der Waals surface area contributed by atoms with Crippen molar-refractivity contribution in [3.63, 3.8) is 0 Å². The van der Waals surface area contributed by atoms with Crippen LogP contribution in [0, 0.1) is 6.92 Å². The molecule has 0 bridgehead atoms. The molecule has 1 amide bonds. The van der Waals surface area contributed by atoms with Gasteiger partial charge in [-0.25, -0.2) is 9.78 Å². The minimum absolute atomic E-state index is 0.0481. The van der Waals surface area contributed by atoms with Gasteiger partial charge in [0.25, 0.3) is 5.91 Å². The van der Waals surface area contributed by atoms with E-state index in [2.05, 4.69) is 10.3 Å². The van der Waals surface area contributed by atoms with E-state index in [0.29, 0.717) is 5.65 Å². The van der Waals surface area contributed by atoms with Crippen LogP contribution in [-0.4, -0.2) is 44.1 Å². The van der Waals surface area contributed by atoms with E-state index in [1.807, 2.05) is 19.1 Å². The number of carboxylic acid groups (broad SMARTS) is 1. The van der Waals surface area contributed by atoms with Crippen LogP contribution in [0.25, 0.3) is 5.65 Å². The molecule has 0 radical (unpaired) electrons. The summed E-state index contributed by atoms with van der Waals surface area (Å²) in [6.45, 7) is 1.56. The molecule has 7 nitrogen and oxygen atoms in total. The highest BCUT2D eigenvalue weighted by Crippen LogP contribution is 2.08. The summed E-state index contributed by atoms with van der Waals surface area (Å²) in [4.78, 5) is 27.1. The van der Waals surface area contributed by atoms with Crippen LogP contribution in [0.4, 0.5) is 0 Å². The Morgan fingerprint density at radius 1 is 1.45 bits per heavy atom. The first-order valence-corrected chi connectivity index (χ1v) is 6.12. The van der Waals surface area contributed by atoms with E-state index in [9.17, 15) is 9.59 Å². The predicted octanol–water partition coefficient (Wildman–Crippen LogP) is 0.208. The number of pyridine rings is 1. The van der Waals surface area contributed by atoms with Gasteiger partial charge in [0, 0.05) is 24.9 Å². The van der Waals surface area contributed by atoms with Crippen molar-refractivity contribution in [2.24, 2.45) is 0 Å². The lowest BCUT2D eigenvalue weighted by Crippen LogP contribution is -2.41. The molecule has 0 aliphatic heterocycles. The normalized spacial score (nSPS) is 12.3. The number of nitrogens with zero attached hydrogens (tertiary/aromatic N) is 2. The molecule has 2 heterocycles. The van der Waals surface area contributed by atoms with E-state index in [-0.39, 0.29) is 18.7 Å². The number of rotatable bonds is 5. The number of aliphatic hydroxyl groups excluding tert-OH is 1. The van der Waals surface area contributed by atoms with Crippen LogP contribution in [0.5, 0.6) is 0 Å². The fourth-order valence-electron chi connectivity index (χ4n) is 1.88. The Labute approximate surface area is 114 Å². The molecular formula is C13H15N3O4. The number of hydrogen-bond acceptors (Lipinski definition) is 4. The van der Waals surface area contributed by atoms with Gasteiger partial charge in [-0.05, 0) is 19.1 Å². The van der Waals surface area contributed by atoms with E-state index >= 15 is 0 Å². The number of carbonyl (C=O) groups excluding carboxylic acids is 1. The number of nitrogens with one attached hydrogen (secondary N) is 1. The molecule has 0 saturated heterocycles. The molecule has 2 rings (SSSR count). The van der Waals surface area contributed by atoms with Crippen molar-refractivity contribution in [2.45, 2.75) is 19.4 Å². The summed E-state index contributed by atoms with van der Waals surface area (Å²) in [5, 5.41) is 20.1. The lowest BCUT2D eigenvalue weighted by molar-refractivity contribution is -0.139. The number of carboxylic acids is 1. The van der Waals surface area contributed by atoms with E-state index in [1.54, 1.807) is 16.7 Å². The molecule has 0 saturated carbocycles. The fourth-order valence-corrected chi connectivity index (χ4v) is 1.88. The maximum atomic E-state index is 12.0. The number of imidazole rings is 1. The maximum Gasteiger partial charge on any atom is 0.326 e. The Hall–Kier alpha value is -2.41. The number of aliphatic hydroxyl groups is 1. The van der Waals surface area contributed by atoms with Crippen molar-refractivity contribution >= 4 is 17.5 Å². The topological polar surface area (TPSA) is 104 Å². The molecular weight excluding hydrogens is 262 g/mol. The monoisotopic (exact) mass is 277 g/mol. The highest BCUT2D eigenvalue weighted by molar-refractivity contribution is 5.95. The first-order valence-electron chi connectivity index (χ1n) is 6.12. The summed E-state index contributed by atoms with van der Waals surface area (Å²) in [6.07, 6.45) is 1.51. The third-order valence-corrected chi connectivity index (χ3v) is 2.95. The number of amides is 1. The maximum absolute atomic E-state index is 12.0. The lowest BCUT2D eigenvalue weighted by Gasteiger charge is -2.11. The number of aromatic nitrogens is 2. The Bertz CT molecular complexity index is 650.